The lowest BCUT2D eigenvalue weighted by atomic mass is 10.0. The van der Waals surface area contributed by atoms with Gasteiger partial charge in [0.25, 0.3) is 0 Å². The smallest absolute Gasteiger partial charge is 0.169 e. The second-order valence-corrected chi connectivity index (χ2v) is 4.31. The van der Waals surface area contributed by atoms with Crippen LogP contribution in [0.3, 0.4) is 0 Å². The molecule has 0 nitrogen and oxygen atoms in total. The van der Waals surface area contributed by atoms with Gasteiger partial charge in [0.15, 0.2) is 0 Å². The normalized spacial score (nSPS) is 15.0. The lowest BCUT2D eigenvalue weighted by Gasteiger charge is -2.31. The average molecular weight is 283 g/mol. The van der Waals surface area contributed by atoms with Crippen molar-refractivity contribution in [2.45, 2.75) is 28.5 Å². The fraction of sp³-hybridized carbons (Fsp3) is 1.00. The second kappa shape index (κ2) is 4.14. The quantitative estimate of drug-likeness (QED) is 0.524. The Bertz CT molecular complexity index is 181. The van der Waals surface area contributed by atoms with Crippen molar-refractivity contribution in [1.82, 2.24) is 0 Å². The van der Waals surface area contributed by atoms with Crippen molar-refractivity contribution in [3.8, 4) is 0 Å². The Morgan fingerprint density at radius 3 is 1.21 bits per heavy atom. The Morgan fingerprint density at radius 2 is 1.14 bits per heavy atom. The van der Waals surface area contributed by atoms with Gasteiger partial charge in [-0.2, -0.15) is 26.3 Å². The highest BCUT2D eigenvalue weighted by Crippen LogP contribution is 2.51. The van der Waals surface area contributed by atoms with Crippen molar-refractivity contribution >= 4 is 34.8 Å². The molecule has 0 atom stereocenters. The molecule has 0 fully saturated rings. The first kappa shape index (κ1) is 14.5. The van der Waals surface area contributed by atoms with Gasteiger partial charge in [0.2, 0.25) is 4.87 Å². The molecule has 0 spiro atoms. The molecular formula is C5H3Cl3F6. The minimum absolute atomic E-state index is 1.65. The minimum Gasteiger partial charge on any atom is -0.169 e. The van der Waals surface area contributed by atoms with Crippen LogP contribution < -0.4 is 0 Å². The summed E-state index contributed by atoms with van der Waals surface area (Å²) in [7, 11) is 0. The molecule has 0 rings (SSSR count). The average Bonchev–Trinajstić information content (AvgIpc) is 1.79. The number of alkyl halides is 9. The molecule has 14 heavy (non-hydrogen) atoms. The molecule has 0 aromatic carbocycles. The Balaban J connectivity index is 5.07. The van der Waals surface area contributed by atoms with E-state index in [0.717, 1.165) is 0 Å². The largest absolute Gasteiger partial charge is 0.416 e. The first-order valence-electron chi connectivity index (χ1n) is 3.02. The molecule has 0 saturated heterocycles. The molecule has 0 aliphatic rings. The predicted molar refractivity (Wildman–Crippen MR) is 40.8 cm³/mol. The maximum Gasteiger partial charge on any atom is 0.416 e. The monoisotopic (exact) mass is 282 g/mol. The van der Waals surface area contributed by atoms with Crippen molar-refractivity contribution < 1.29 is 26.3 Å². The third-order valence-electron chi connectivity index (χ3n) is 1.33. The molecule has 0 bridgehead atoms. The SMILES string of the molecule is FC(F)(F)C(Cl)(CC(Cl)Cl)C(F)(F)F. The zero-order chi connectivity index (χ0) is 11.8. The van der Waals surface area contributed by atoms with Crippen molar-refractivity contribution in [1.29, 1.82) is 0 Å². The fourth-order valence-electron chi connectivity index (χ4n) is 0.605. The van der Waals surface area contributed by atoms with E-state index in [0.29, 0.717) is 0 Å². The fourth-order valence-corrected chi connectivity index (χ4v) is 1.38. The van der Waals surface area contributed by atoms with Crippen molar-refractivity contribution in [2.24, 2.45) is 0 Å². The summed E-state index contributed by atoms with van der Waals surface area (Å²) in [6.07, 6.45) is -13.0. The van der Waals surface area contributed by atoms with E-state index in [9.17, 15) is 26.3 Å². The summed E-state index contributed by atoms with van der Waals surface area (Å²) in [5.74, 6) is 0. The highest BCUT2D eigenvalue weighted by Gasteiger charge is 2.70. The van der Waals surface area contributed by atoms with Gasteiger partial charge >= 0.3 is 12.4 Å². The lowest BCUT2D eigenvalue weighted by molar-refractivity contribution is -0.268. The van der Waals surface area contributed by atoms with E-state index in [1.165, 1.54) is 0 Å². The molecule has 0 heterocycles. The van der Waals surface area contributed by atoms with Crippen LogP contribution in [0.1, 0.15) is 6.42 Å². The molecule has 0 aromatic rings. The van der Waals surface area contributed by atoms with E-state index >= 15 is 0 Å². The Hall–Kier alpha value is 0.450. The summed E-state index contributed by atoms with van der Waals surface area (Å²) in [6.45, 7) is 0. The van der Waals surface area contributed by atoms with E-state index in [-0.39, 0.29) is 0 Å². The number of hydrogen-bond donors (Lipinski definition) is 0. The molecule has 0 radical (unpaired) electrons. The first-order valence-corrected chi connectivity index (χ1v) is 4.27. The summed E-state index contributed by atoms with van der Waals surface area (Å²) < 4.78 is 71.9. The van der Waals surface area contributed by atoms with E-state index in [1.807, 2.05) is 0 Å². The Labute approximate surface area is 90.1 Å². The van der Waals surface area contributed by atoms with Crippen molar-refractivity contribution in [2.75, 3.05) is 0 Å². The summed E-state index contributed by atoms with van der Waals surface area (Å²) in [4.78, 5) is -6.25. The zero-order valence-electron chi connectivity index (χ0n) is 6.19. The van der Waals surface area contributed by atoms with Crippen LogP contribution in [-0.4, -0.2) is 22.1 Å². The molecule has 0 unspecified atom stereocenters. The van der Waals surface area contributed by atoms with Gasteiger partial charge in [0.05, 0.1) is 0 Å². The summed E-state index contributed by atoms with van der Waals surface area (Å²) >= 11 is 14.2. The van der Waals surface area contributed by atoms with E-state index in [4.69, 9.17) is 23.2 Å². The molecular weight excluding hydrogens is 280 g/mol. The minimum atomic E-state index is -5.66. The van der Waals surface area contributed by atoms with Gasteiger partial charge in [-0.1, -0.05) is 11.6 Å². The van der Waals surface area contributed by atoms with E-state index < -0.39 is 28.5 Å². The highest BCUT2D eigenvalue weighted by molar-refractivity contribution is 6.44. The van der Waals surface area contributed by atoms with Gasteiger partial charge in [-0.15, -0.1) is 23.2 Å². The van der Waals surface area contributed by atoms with Gasteiger partial charge in [0.1, 0.15) is 4.84 Å². The number of rotatable bonds is 2. The van der Waals surface area contributed by atoms with Gasteiger partial charge < -0.3 is 0 Å². The van der Waals surface area contributed by atoms with Gasteiger partial charge in [-0.25, -0.2) is 0 Å². The summed E-state index contributed by atoms with van der Waals surface area (Å²) in [6, 6.07) is 0. The second-order valence-electron chi connectivity index (χ2n) is 2.39. The highest BCUT2D eigenvalue weighted by atomic mass is 35.5. The van der Waals surface area contributed by atoms with Crippen LogP contribution in [-0.2, 0) is 0 Å². The number of halogens is 9. The number of hydrogen-bond acceptors (Lipinski definition) is 0. The molecule has 0 amide bonds. The van der Waals surface area contributed by atoms with Crippen LogP contribution in [0.25, 0.3) is 0 Å². The van der Waals surface area contributed by atoms with Crippen molar-refractivity contribution in [3.63, 3.8) is 0 Å². The zero-order valence-corrected chi connectivity index (χ0v) is 8.45. The van der Waals surface area contributed by atoms with Crippen LogP contribution in [0.15, 0.2) is 0 Å². The van der Waals surface area contributed by atoms with Crippen molar-refractivity contribution in [3.05, 3.63) is 0 Å². The summed E-state index contributed by atoms with van der Waals surface area (Å²) in [5, 5.41) is 0. The molecule has 86 valence electrons. The molecule has 0 aliphatic carbocycles. The van der Waals surface area contributed by atoms with Gasteiger partial charge in [0, 0.05) is 6.42 Å². The van der Waals surface area contributed by atoms with Crippen LogP contribution in [0, 0.1) is 0 Å². The van der Waals surface area contributed by atoms with Crippen LogP contribution >= 0.6 is 34.8 Å². The maximum atomic E-state index is 12.0. The molecule has 9 heteroatoms. The summed E-state index contributed by atoms with van der Waals surface area (Å²) in [5.41, 5.74) is 0. The third kappa shape index (κ3) is 2.97. The Morgan fingerprint density at radius 1 is 0.857 bits per heavy atom. The van der Waals surface area contributed by atoms with Crippen LogP contribution in [0.2, 0.25) is 0 Å². The first-order chi connectivity index (χ1) is 5.92. The predicted octanol–water partition coefficient (Wildman–Crippen LogP) is 4.28. The van der Waals surface area contributed by atoms with E-state index in [2.05, 4.69) is 11.6 Å². The van der Waals surface area contributed by atoms with E-state index in [1.54, 1.807) is 0 Å². The maximum absolute atomic E-state index is 12.0. The lowest BCUT2D eigenvalue weighted by Crippen LogP contribution is -2.53. The van der Waals surface area contributed by atoms with Crippen LogP contribution in [0.5, 0.6) is 0 Å². The molecule has 0 saturated carbocycles. The standard InChI is InChI=1S/C5H3Cl3F6/c6-2(7)1-3(8,4(9,10)11)5(12,13)14/h2H,1H2. The molecule has 0 aliphatic heterocycles. The van der Waals surface area contributed by atoms with Gasteiger partial charge in [-0.3, -0.25) is 0 Å². The van der Waals surface area contributed by atoms with Gasteiger partial charge in [-0.05, 0) is 0 Å². The molecule has 0 aromatic heterocycles. The van der Waals surface area contributed by atoms with Crippen LogP contribution in [0.4, 0.5) is 26.3 Å². The topological polar surface area (TPSA) is 0 Å². The molecule has 0 N–H and O–H groups in total. The Kier molecular flexibility index (Phi) is 4.27. The third-order valence-corrected chi connectivity index (χ3v) is 2.23.